The highest BCUT2D eigenvalue weighted by Crippen LogP contribution is 2.26. The minimum atomic E-state index is -0.530. The van der Waals surface area contributed by atoms with Crippen molar-refractivity contribution < 1.29 is 14.1 Å². The van der Waals surface area contributed by atoms with E-state index in [4.69, 9.17) is 16.3 Å². The van der Waals surface area contributed by atoms with Gasteiger partial charge in [0.15, 0.2) is 0 Å². The molecule has 0 radical (unpaired) electrons. The van der Waals surface area contributed by atoms with E-state index in [1.807, 2.05) is 0 Å². The molecule has 5 nitrogen and oxygen atoms in total. The molecule has 0 saturated carbocycles. The number of nitro groups is 1. The van der Waals surface area contributed by atoms with Gasteiger partial charge in [-0.1, -0.05) is 17.7 Å². The Morgan fingerprint density at radius 1 is 1.33 bits per heavy atom. The summed E-state index contributed by atoms with van der Waals surface area (Å²) >= 11 is 5.65. The lowest BCUT2D eigenvalue weighted by Gasteiger charge is -2.08. The number of benzene rings is 2. The molecule has 2 aromatic rings. The van der Waals surface area contributed by atoms with Gasteiger partial charge in [-0.25, -0.2) is 4.39 Å². The maximum Gasteiger partial charge on any atom is 0.292 e. The summed E-state index contributed by atoms with van der Waals surface area (Å²) in [5, 5.41) is 13.7. The highest BCUT2D eigenvalue weighted by molar-refractivity contribution is 6.30. The quantitative estimate of drug-likeness (QED) is 0.669. The van der Waals surface area contributed by atoms with Crippen LogP contribution in [-0.4, -0.2) is 12.0 Å². The summed E-state index contributed by atoms with van der Waals surface area (Å²) in [6, 6.07) is 8.74. The van der Waals surface area contributed by atoms with Gasteiger partial charge in [-0.2, -0.15) is 0 Å². The van der Waals surface area contributed by atoms with E-state index in [0.717, 1.165) is 0 Å². The van der Waals surface area contributed by atoms with Gasteiger partial charge in [-0.3, -0.25) is 10.1 Å². The molecule has 0 unspecified atom stereocenters. The number of rotatable bonds is 5. The molecule has 0 saturated heterocycles. The molecule has 0 aliphatic heterocycles. The van der Waals surface area contributed by atoms with Crippen molar-refractivity contribution in [2.45, 2.75) is 6.61 Å². The van der Waals surface area contributed by atoms with Crippen molar-refractivity contribution in [2.75, 3.05) is 12.4 Å². The first kappa shape index (κ1) is 15.1. The van der Waals surface area contributed by atoms with Crippen LogP contribution >= 0.6 is 11.6 Å². The Morgan fingerprint density at radius 2 is 2.10 bits per heavy atom. The number of halogens is 2. The van der Waals surface area contributed by atoms with Gasteiger partial charge in [-0.15, -0.1) is 0 Å². The minimum Gasteiger partial charge on any atom is -0.489 e. The highest BCUT2D eigenvalue weighted by Gasteiger charge is 2.13. The third-order valence-corrected chi connectivity index (χ3v) is 3.11. The van der Waals surface area contributed by atoms with E-state index in [-0.39, 0.29) is 17.3 Å². The average Bonchev–Trinajstić information content (AvgIpc) is 2.48. The first-order valence-electron chi connectivity index (χ1n) is 6.04. The van der Waals surface area contributed by atoms with Crippen LogP contribution in [-0.2, 0) is 6.61 Å². The Balaban J connectivity index is 2.14. The summed E-state index contributed by atoms with van der Waals surface area (Å²) in [5.41, 5.74) is 1.02. The van der Waals surface area contributed by atoms with Crippen molar-refractivity contribution >= 4 is 23.0 Å². The van der Waals surface area contributed by atoms with Gasteiger partial charge in [0.1, 0.15) is 23.9 Å². The minimum absolute atomic E-state index is 0.0317. The molecule has 0 aliphatic rings. The molecule has 1 N–H and O–H groups in total. The van der Waals surface area contributed by atoms with E-state index in [1.165, 1.54) is 24.3 Å². The van der Waals surface area contributed by atoms with Gasteiger partial charge in [0, 0.05) is 19.2 Å². The molecule has 2 rings (SSSR count). The normalized spacial score (nSPS) is 10.2. The molecule has 0 heterocycles. The van der Waals surface area contributed by atoms with Gasteiger partial charge >= 0.3 is 0 Å². The maximum atomic E-state index is 13.0. The Hall–Kier alpha value is -2.34. The van der Waals surface area contributed by atoms with Crippen LogP contribution in [0.4, 0.5) is 15.8 Å². The second kappa shape index (κ2) is 6.41. The summed E-state index contributed by atoms with van der Waals surface area (Å²) in [4.78, 5) is 10.5. The highest BCUT2D eigenvalue weighted by atomic mass is 35.5. The molecule has 0 aliphatic carbocycles. The molecule has 110 valence electrons. The molecule has 2 aromatic carbocycles. The van der Waals surface area contributed by atoms with Crippen LogP contribution in [0, 0.1) is 15.9 Å². The van der Waals surface area contributed by atoms with Gasteiger partial charge in [0.2, 0.25) is 0 Å². The first-order chi connectivity index (χ1) is 10.0. The molecular weight excluding hydrogens is 299 g/mol. The van der Waals surface area contributed by atoms with Crippen LogP contribution in [0.1, 0.15) is 5.56 Å². The molecule has 7 heteroatoms. The summed E-state index contributed by atoms with van der Waals surface area (Å²) in [7, 11) is 1.61. The Labute approximate surface area is 125 Å². The second-order valence-electron chi connectivity index (χ2n) is 4.22. The number of hydrogen-bond acceptors (Lipinski definition) is 4. The fraction of sp³-hybridized carbons (Fsp3) is 0.143. The molecule has 0 spiro atoms. The van der Waals surface area contributed by atoms with E-state index >= 15 is 0 Å². The van der Waals surface area contributed by atoms with Crippen molar-refractivity contribution in [1.29, 1.82) is 0 Å². The van der Waals surface area contributed by atoms with Crippen molar-refractivity contribution in [3.8, 4) is 5.75 Å². The first-order valence-corrected chi connectivity index (χ1v) is 6.42. The molecule has 0 atom stereocenters. The summed E-state index contributed by atoms with van der Waals surface area (Å²) < 4.78 is 18.5. The van der Waals surface area contributed by atoms with Crippen LogP contribution in [0.25, 0.3) is 0 Å². The Morgan fingerprint density at radius 3 is 2.71 bits per heavy atom. The van der Waals surface area contributed by atoms with Gasteiger partial charge in [0.25, 0.3) is 5.69 Å². The number of nitro benzene ring substituents is 1. The predicted molar refractivity (Wildman–Crippen MR) is 78.4 cm³/mol. The average molecular weight is 311 g/mol. The lowest BCUT2D eigenvalue weighted by Crippen LogP contribution is -2.00. The number of nitrogens with zero attached hydrogens (tertiary/aromatic N) is 1. The monoisotopic (exact) mass is 310 g/mol. The van der Waals surface area contributed by atoms with Crippen molar-refractivity contribution in [3.63, 3.8) is 0 Å². The molecule has 0 aromatic heterocycles. The molecule has 21 heavy (non-hydrogen) atoms. The predicted octanol–water partition coefficient (Wildman–Crippen LogP) is 4.01. The zero-order valence-corrected chi connectivity index (χ0v) is 11.9. The largest absolute Gasteiger partial charge is 0.489 e. The van der Waals surface area contributed by atoms with Crippen LogP contribution in [0.5, 0.6) is 5.75 Å². The zero-order valence-electron chi connectivity index (χ0n) is 11.1. The third kappa shape index (κ3) is 3.61. The lowest BCUT2D eigenvalue weighted by molar-refractivity contribution is -0.384. The van der Waals surface area contributed by atoms with Crippen molar-refractivity contribution in [2.24, 2.45) is 0 Å². The van der Waals surface area contributed by atoms with E-state index in [0.29, 0.717) is 17.0 Å². The fourth-order valence-corrected chi connectivity index (χ4v) is 1.93. The standard InChI is InChI=1S/C14H12ClFN2O3/c1-17-13-5-2-9(6-14(13)18(19)20)8-21-10-3-4-12(16)11(15)7-10/h2-7,17H,8H2,1H3. The second-order valence-corrected chi connectivity index (χ2v) is 4.63. The van der Waals surface area contributed by atoms with Crippen LogP contribution in [0.3, 0.4) is 0 Å². The van der Waals surface area contributed by atoms with Gasteiger partial charge in [0.05, 0.1) is 9.95 Å². The Kier molecular flexibility index (Phi) is 4.59. The molecule has 0 fully saturated rings. The molecule has 0 amide bonds. The van der Waals surface area contributed by atoms with E-state index in [1.54, 1.807) is 19.2 Å². The van der Waals surface area contributed by atoms with Crippen LogP contribution < -0.4 is 10.1 Å². The van der Waals surface area contributed by atoms with Crippen molar-refractivity contribution in [3.05, 3.63) is 62.9 Å². The third-order valence-electron chi connectivity index (χ3n) is 2.82. The Bertz CT molecular complexity index is 679. The van der Waals surface area contributed by atoms with E-state index in [2.05, 4.69) is 5.32 Å². The van der Waals surface area contributed by atoms with Crippen LogP contribution in [0.2, 0.25) is 5.02 Å². The number of ether oxygens (including phenoxy) is 1. The SMILES string of the molecule is CNc1ccc(COc2ccc(F)c(Cl)c2)cc1[N+](=O)[O-]. The number of anilines is 1. The summed E-state index contributed by atoms with van der Waals surface area (Å²) in [6.45, 7) is 0.118. The van der Waals surface area contributed by atoms with Crippen molar-refractivity contribution in [1.82, 2.24) is 0 Å². The van der Waals surface area contributed by atoms with Gasteiger partial charge < -0.3 is 10.1 Å². The summed E-state index contributed by atoms with van der Waals surface area (Å²) in [6.07, 6.45) is 0. The molecular formula is C14H12ClFN2O3. The van der Waals surface area contributed by atoms with E-state index < -0.39 is 10.7 Å². The van der Waals surface area contributed by atoms with Crippen LogP contribution in [0.15, 0.2) is 36.4 Å². The topological polar surface area (TPSA) is 64.4 Å². The fourth-order valence-electron chi connectivity index (χ4n) is 1.76. The number of hydrogen-bond donors (Lipinski definition) is 1. The zero-order chi connectivity index (χ0) is 15.4. The lowest BCUT2D eigenvalue weighted by atomic mass is 10.2. The molecule has 0 bridgehead atoms. The smallest absolute Gasteiger partial charge is 0.292 e. The maximum absolute atomic E-state index is 13.0. The number of nitrogens with one attached hydrogen (secondary N) is 1. The van der Waals surface area contributed by atoms with E-state index in [9.17, 15) is 14.5 Å². The van der Waals surface area contributed by atoms with Gasteiger partial charge in [-0.05, 0) is 23.8 Å². The summed E-state index contributed by atoms with van der Waals surface area (Å²) in [5.74, 6) is -0.139.